The molecule has 14 aromatic rings. The second-order valence-electron chi connectivity index (χ2n) is 31.4. The van der Waals surface area contributed by atoms with E-state index in [0.717, 1.165) is 59.8 Å². The molecule has 0 aliphatic heterocycles. The van der Waals surface area contributed by atoms with Crippen molar-refractivity contribution in [3.05, 3.63) is 389 Å². The van der Waals surface area contributed by atoms with E-state index >= 15 is 0 Å². The Hall–Kier alpha value is -15.5. The Morgan fingerprint density at radius 1 is 0.227 bits per heavy atom. The lowest BCUT2D eigenvalue weighted by Gasteiger charge is -2.18. The van der Waals surface area contributed by atoms with E-state index in [9.17, 15) is 108 Å². The first-order chi connectivity index (χ1) is 66.3. The highest BCUT2D eigenvalue weighted by Gasteiger charge is 2.29. The number of hydrogen-bond acceptors (Lipinski definition) is 31. The predicted octanol–water partition coefficient (Wildman–Crippen LogP) is 10.5. The van der Waals surface area contributed by atoms with Gasteiger partial charge in [-0.05, 0) is 163 Å². The van der Waals surface area contributed by atoms with E-state index in [1.165, 1.54) is 29.4 Å². The summed E-state index contributed by atoms with van der Waals surface area (Å²) in [6.07, 6.45) is 10.3. The summed E-state index contributed by atoms with van der Waals surface area (Å²) in [6.45, 7) is 2.09. The summed E-state index contributed by atoms with van der Waals surface area (Å²) in [5.74, 6) is -3.12. The summed E-state index contributed by atoms with van der Waals surface area (Å²) in [7, 11) is -32.0. The Balaban J connectivity index is 0.000000228. The number of aryl methyl sites for hydroxylation is 1. The Kier molecular flexibility index (Phi) is 35.6. The van der Waals surface area contributed by atoms with Crippen molar-refractivity contribution in [2.24, 2.45) is 0 Å². The van der Waals surface area contributed by atoms with Crippen molar-refractivity contribution >= 4 is 101 Å². The molecule has 0 atom stereocenters. The summed E-state index contributed by atoms with van der Waals surface area (Å²) >= 11 is 0. The van der Waals surface area contributed by atoms with Gasteiger partial charge in [-0.15, -0.1) is 50.5 Å². The first-order valence-electron chi connectivity index (χ1n) is 40.8. The molecule has 0 radical (unpaired) electrons. The third-order valence-corrected chi connectivity index (χ3v) is 25.2. The van der Waals surface area contributed by atoms with Crippen molar-refractivity contribution in [2.75, 3.05) is 0 Å². The van der Waals surface area contributed by atoms with Gasteiger partial charge in [0.25, 0.3) is 40.5 Å². The van der Waals surface area contributed by atoms with Crippen molar-refractivity contribution in [1.82, 2.24) is 0 Å². The molecule has 141 heavy (non-hydrogen) atoms. The molecule has 0 saturated carbocycles. The van der Waals surface area contributed by atoms with Gasteiger partial charge in [0, 0.05) is 163 Å². The molecule has 20 bridgehead atoms. The highest BCUT2D eigenvalue weighted by molar-refractivity contribution is 7.86. The average molecular weight is 2080 g/mol. The maximum absolute atomic E-state index is 12.7. The van der Waals surface area contributed by atoms with Gasteiger partial charge in [-0.3, -0.25) is 23.0 Å². The summed E-state index contributed by atoms with van der Waals surface area (Å²) in [5, 5.41) is 115. The number of aromatic nitrogens is 2. The fraction of sp³-hybridized carbons (Fsp3) is 0.115. The van der Waals surface area contributed by atoms with Gasteiger partial charge in [-0.2, -0.15) is 42.8 Å². The molecule has 0 saturated heterocycles. The van der Waals surface area contributed by atoms with Crippen LogP contribution in [0.2, 0.25) is 0 Å². The number of aromatic hydroxyl groups is 10. The number of benzene rings is 12. The van der Waals surface area contributed by atoms with E-state index in [4.69, 9.17) is 50.5 Å². The number of phenols is 10. The highest BCUT2D eigenvalue weighted by Crippen LogP contribution is 2.44. The maximum atomic E-state index is 12.7. The van der Waals surface area contributed by atoms with Gasteiger partial charge in [0.15, 0.2) is 24.8 Å². The molecule has 37 nitrogen and oxygen atoms in total. The van der Waals surface area contributed by atoms with E-state index < -0.39 is 138 Å². The SMILES string of the molecule is Cc1cc[n+](-c2ccccc2)cc1.O=Cc1cc2c(O)c(c1)Cc1cc(S(=O)(=O)O)cc(c1O)Cc1cc(S(=O)(=O)O)cc(c1O)Cc1cccc(c1O)Cc1cccc(c1O)C2.O=S(=O)(O)c1cc2c(O)c(c1)Cc1cc(S(=O)(=O)O)cc(c1O)Cc1cc(/C=C/c3cc[n+](-c4ccccc4)cc3)cc(c1O)Cc1cccc(c1O)Cc1cccc(c1O)C2.O=S(=O)=O.O=S(=O)=O.O=S(=O)=O.O=S(=O)=O. The lowest BCUT2D eigenvalue weighted by molar-refractivity contribution is -0.596. The number of phenolic OH excluding ortho intramolecular Hbond substituents is 10. The predicted molar refractivity (Wildman–Crippen MR) is 502 cm³/mol. The molecule has 45 heteroatoms. The highest BCUT2D eigenvalue weighted by atomic mass is 32.2. The van der Waals surface area contributed by atoms with E-state index in [-0.39, 0.29) is 164 Å². The van der Waals surface area contributed by atoms with Crippen molar-refractivity contribution in [2.45, 2.75) is 90.7 Å². The van der Waals surface area contributed by atoms with Crippen molar-refractivity contribution in [3.8, 4) is 68.9 Å². The van der Waals surface area contributed by atoms with Crippen LogP contribution in [0.3, 0.4) is 0 Å². The summed E-state index contributed by atoms with van der Waals surface area (Å²) in [5.41, 5.74) is 8.11. The molecule has 2 aliphatic rings. The zero-order valence-corrected chi connectivity index (χ0v) is 79.6. The normalized spacial score (nSPS) is 12.1. The van der Waals surface area contributed by atoms with Crippen LogP contribution in [0, 0.1) is 6.92 Å². The number of para-hydroxylation sites is 6. The third-order valence-electron chi connectivity index (χ3n) is 21.9. The van der Waals surface area contributed by atoms with Gasteiger partial charge < -0.3 is 51.1 Å². The first kappa shape index (κ1) is 108. The zero-order valence-electron chi connectivity index (χ0n) is 73.0. The molecule has 2 heterocycles. The van der Waals surface area contributed by atoms with E-state index in [1.807, 2.05) is 89.8 Å². The van der Waals surface area contributed by atoms with E-state index in [0.29, 0.717) is 50.8 Å². The minimum Gasteiger partial charge on any atom is -0.507 e. The van der Waals surface area contributed by atoms with Crippen molar-refractivity contribution in [1.29, 1.82) is 0 Å². The van der Waals surface area contributed by atoms with Gasteiger partial charge in [0.05, 0.1) is 19.6 Å². The summed E-state index contributed by atoms with van der Waals surface area (Å²) < 4.78 is 245. The number of carbonyl (C=O) groups is 1. The first-order valence-corrected chi connectivity index (χ1v) is 50.6. The van der Waals surface area contributed by atoms with Crippen LogP contribution < -0.4 is 9.13 Å². The molecular weight excluding hydrogens is 2000 g/mol. The van der Waals surface area contributed by atoms with Crippen LogP contribution in [0.4, 0.5) is 0 Å². The van der Waals surface area contributed by atoms with E-state index in [2.05, 4.69) is 48.1 Å². The summed E-state index contributed by atoms with van der Waals surface area (Å²) in [4.78, 5) is 9.43. The molecule has 16 rings (SSSR count). The van der Waals surface area contributed by atoms with Gasteiger partial charge in [-0.1, -0.05) is 121 Å². The van der Waals surface area contributed by atoms with Gasteiger partial charge in [-0.25, -0.2) is 0 Å². The number of hydrogen-bond donors (Lipinski definition) is 14. The Morgan fingerprint density at radius 2 is 0.397 bits per heavy atom. The monoisotopic (exact) mass is 2080 g/mol. The smallest absolute Gasteiger partial charge is 0.425 e. The Bertz CT molecular complexity index is 8080. The summed E-state index contributed by atoms with van der Waals surface area (Å²) in [6, 6.07) is 61.9. The van der Waals surface area contributed by atoms with Crippen molar-refractivity contribution < 1.29 is 167 Å². The van der Waals surface area contributed by atoms with Crippen LogP contribution in [-0.4, -0.2) is 160 Å². The molecule has 14 N–H and O–H groups in total. The number of pyridine rings is 2. The van der Waals surface area contributed by atoms with E-state index in [1.54, 1.807) is 78.9 Å². The molecule has 2 aromatic heterocycles. The molecular formula is C96H82N2O35S8+2. The van der Waals surface area contributed by atoms with Crippen LogP contribution >= 0.6 is 0 Å². The van der Waals surface area contributed by atoms with Crippen LogP contribution in [-0.2, 0) is 147 Å². The van der Waals surface area contributed by atoms with Gasteiger partial charge >= 0.3 is 42.4 Å². The lowest BCUT2D eigenvalue weighted by atomic mass is 9.90. The topological polar surface area (TPSA) is 649 Å². The number of carbonyl (C=O) groups excluding carboxylic acids is 1. The van der Waals surface area contributed by atoms with Crippen LogP contribution in [0.15, 0.2) is 275 Å². The second-order valence-corrected chi connectivity index (χ2v) is 38.7. The van der Waals surface area contributed by atoms with Crippen LogP contribution in [0.25, 0.3) is 23.5 Å². The standard InChI is InChI=1S/C48H39NO11S2.C36H30O12S2.C12H12N.4O3S/c50-44-31-6-4-8-33(44)21-35-18-30(13-12-29-14-16-49(17-15-29)41-10-2-1-3-11-41)19-36(46(35)52)23-38-26-43(62(58,59)60)28-40(48(38)54)24-39-27-42(61(55,56)57)25-37(47(39)53)22-34-9-5-7-32(20-31)45(34)51;37-18-19-7-24-10-22-5-1-3-20(32(22)38)9-21-4-2-6-23(33(21)39)11-26-14-30(49(43,44)45)16-28(35(26)41)13-29-17-31(50(46,47)48)15-27(36(29)42)12-25(8-19)34(24)40;1-11-7-9-13(10-8-11)12-5-3-2-4-6-12;4*1-4(2)3/h1-19,25-28H,20-24H2,(H6,50,51,53,54,55,56,57,58,59,60);1-8,14-18,38-42H,9-13H2,(H,43,44,45)(H,46,47,48);2-10H,1H3;;;;/q;;+1;;;;/p+1. The molecule has 732 valence electrons. The molecule has 0 amide bonds. The fourth-order valence-electron chi connectivity index (χ4n) is 15.4. The zero-order chi connectivity index (χ0) is 103. The molecule has 12 aromatic carbocycles. The molecule has 2 aliphatic carbocycles. The third kappa shape index (κ3) is 29.5. The largest absolute Gasteiger partial charge is 0.507 e. The molecule has 0 spiro atoms. The number of rotatable bonds is 9. The van der Waals surface area contributed by atoms with Crippen LogP contribution in [0.5, 0.6) is 57.5 Å². The number of nitrogens with zero attached hydrogens (tertiary/aromatic N) is 2. The second kappa shape index (κ2) is 46.7. The van der Waals surface area contributed by atoms with Gasteiger partial charge in [0.1, 0.15) is 63.8 Å². The maximum Gasteiger partial charge on any atom is 0.425 e. The Morgan fingerprint density at radius 3 is 0.603 bits per heavy atom. The lowest BCUT2D eigenvalue weighted by Crippen LogP contribution is -2.28. The van der Waals surface area contributed by atoms with Gasteiger partial charge in [0.2, 0.25) is 11.4 Å². The number of fused-ring (bicyclic) bond motifs is 20. The Labute approximate surface area is 811 Å². The molecule has 0 unspecified atom stereocenters. The quantitative estimate of drug-likeness (QED) is 0.0363. The minimum absolute atomic E-state index is 0.0271. The average Bonchev–Trinajstić information content (AvgIpc) is 0.776. The fourth-order valence-corrected chi connectivity index (χ4v) is 17.8. The molecule has 0 fully saturated rings. The van der Waals surface area contributed by atoms with Crippen molar-refractivity contribution in [3.63, 3.8) is 0 Å². The number of aldehydes is 1. The minimum atomic E-state index is -4.92. The van der Waals surface area contributed by atoms with Crippen LogP contribution in [0.1, 0.15) is 138 Å².